The molecule has 0 aliphatic carbocycles. The molecule has 4 rings (SSSR count). The number of rotatable bonds is 5. The van der Waals surface area contributed by atoms with Crippen LogP contribution in [0.15, 0.2) is 36.8 Å². The number of pyridine rings is 1. The molecule has 0 amide bonds. The summed E-state index contributed by atoms with van der Waals surface area (Å²) in [7, 11) is 0. The zero-order valence-corrected chi connectivity index (χ0v) is 18.2. The first-order valence-electron chi connectivity index (χ1n) is 9.80. The summed E-state index contributed by atoms with van der Waals surface area (Å²) in [6, 6.07) is 4.00. The van der Waals surface area contributed by atoms with E-state index >= 15 is 0 Å². The van der Waals surface area contributed by atoms with E-state index in [1.165, 1.54) is 12.1 Å². The van der Waals surface area contributed by atoms with Gasteiger partial charge in [0.05, 0.1) is 17.3 Å². The van der Waals surface area contributed by atoms with E-state index < -0.39 is 18.1 Å². The van der Waals surface area contributed by atoms with Crippen molar-refractivity contribution in [1.82, 2.24) is 20.1 Å². The molecule has 3 aromatic rings. The molecule has 6 nitrogen and oxygen atoms in total. The van der Waals surface area contributed by atoms with Gasteiger partial charge in [-0.25, -0.2) is 13.8 Å². The number of nitrogens with one attached hydrogen (secondary N) is 1. The van der Waals surface area contributed by atoms with E-state index in [0.29, 0.717) is 29.8 Å². The number of benzene rings is 1. The number of alkyl halides is 1. The van der Waals surface area contributed by atoms with Gasteiger partial charge in [-0.15, -0.1) is 0 Å². The molecule has 1 fully saturated rings. The predicted octanol–water partition coefficient (Wildman–Crippen LogP) is 4.99. The van der Waals surface area contributed by atoms with Crippen molar-refractivity contribution in [2.24, 2.45) is 0 Å². The van der Waals surface area contributed by atoms with Crippen LogP contribution < -0.4 is 15.8 Å². The van der Waals surface area contributed by atoms with Crippen molar-refractivity contribution in [2.45, 2.75) is 31.7 Å². The fraction of sp³-hybridized carbons (Fsp3) is 0.333. The Balaban J connectivity index is 1.59. The summed E-state index contributed by atoms with van der Waals surface area (Å²) in [6.07, 6.45) is 3.99. The molecular formula is C21H21Cl2F2N5O. The number of nitrogens with zero attached hydrogens (tertiary/aromatic N) is 3. The standard InChI is InChI=1S/C21H21Cl2F2N5O/c1-11(19-14(22)2-3-15(24)20(19)23)31-18-6-12(7-28-21(18)26)13-8-29-30(10-13)17-4-5-27-9-16(17)25/h2-3,6-8,10-11,16-17,27H,4-5,9H2,1H3,(H2,26,28)/t11-,16-,17+/m1/s1. The number of nitrogen functional groups attached to an aromatic ring is 1. The SMILES string of the molecule is C[C@@H](Oc1cc(-c2cnn([C@H]3CCNC[C@H]3F)c2)cnc1N)c1c(Cl)ccc(F)c1Cl. The molecule has 3 heterocycles. The van der Waals surface area contributed by atoms with Gasteiger partial charge >= 0.3 is 0 Å². The van der Waals surface area contributed by atoms with Crippen LogP contribution >= 0.6 is 23.2 Å². The predicted molar refractivity (Wildman–Crippen MR) is 117 cm³/mol. The van der Waals surface area contributed by atoms with Gasteiger partial charge in [-0.3, -0.25) is 4.68 Å². The normalized spacial score (nSPS) is 19.9. The number of hydrogen-bond donors (Lipinski definition) is 2. The number of halogens is 4. The molecule has 1 aromatic carbocycles. The summed E-state index contributed by atoms with van der Waals surface area (Å²) in [5, 5.41) is 7.54. The van der Waals surface area contributed by atoms with E-state index in [4.69, 9.17) is 33.7 Å². The lowest BCUT2D eigenvalue weighted by atomic mass is 10.1. The van der Waals surface area contributed by atoms with E-state index in [2.05, 4.69) is 15.4 Å². The highest BCUT2D eigenvalue weighted by Crippen LogP contribution is 2.37. The maximum absolute atomic E-state index is 14.2. The van der Waals surface area contributed by atoms with Crippen LogP contribution in [0.1, 0.15) is 31.1 Å². The molecule has 3 atom stereocenters. The monoisotopic (exact) mass is 467 g/mol. The van der Waals surface area contributed by atoms with Crippen LogP contribution in [0, 0.1) is 5.82 Å². The first-order valence-corrected chi connectivity index (χ1v) is 10.6. The van der Waals surface area contributed by atoms with Gasteiger partial charge in [0, 0.05) is 40.7 Å². The summed E-state index contributed by atoms with van der Waals surface area (Å²) < 4.78 is 35.7. The Bertz CT molecular complexity index is 1090. The van der Waals surface area contributed by atoms with Crippen LogP contribution in [0.2, 0.25) is 10.0 Å². The van der Waals surface area contributed by atoms with Crippen molar-refractivity contribution in [3.63, 3.8) is 0 Å². The minimum atomic E-state index is -1.01. The molecule has 0 unspecified atom stereocenters. The minimum absolute atomic E-state index is 0.105. The number of hydrogen-bond acceptors (Lipinski definition) is 5. The Hall–Kier alpha value is -2.42. The topological polar surface area (TPSA) is 78.0 Å². The van der Waals surface area contributed by atoms with Crippen molar-refractivity contribution in [3.8, 4) is 16.9 Å². The van der Waals surface area contributed by atoms with Crippen molar-refractivity contribution >= 4 is 29.0 Å². The van der Waals surface area contributed by atoms with E-state index in [-0.39, 0.29) is 21.9 Å². The quantitative estimate of drug-likeness (QED) is 0.517. The summed E-state index contributed by atoms with van der Waals surface area (Å²) >= 11 is 12.3. The fourth-order valence-corrected chi connectivity index (χ4v) is 4.32. The molecule has 3 N–H and O–H groups in total. The number of aromatic nitrogens is 3. The second-order valence-corrected chi connectivity index (χ2v) is 8.19. The lowest BCUT2D eigenvalue weighted by Crippen LogP contribution is -2.39. The highest BCUT2D eigenvalue weighted by atomic mass is 35.5. The van der Waals surface area contributed by atoms with Gasteiger partial charge in [0.1, 0.15) is 18.1 Å². The first kappa shape index (κ1) is 21.8. The number of ether oxygens (including phenoxy) is 1. The van der Waals surface area contributed by atoms with Gasteiger partial charge in [-0.05, 0) is 38.1 Å². The smallest absolute Gasteiger partial charge is 0.166 e. The maximum Gasteiger partial charge on any atom is 0.166 e. The van der Waals surface area contributed by atoms with Crippen LogP contribution in [-0.2, 0) is 0 Å². The molecule has 1 saturated heterocycles. The molecule has 164 valence electrons. The lowest BCUT2D eigenvalue weighted by Gasteiger charge is -2.26. The third-order valence-electron chi connectivity index (χ3n) is 5.32. The zero-order chi connectivity index (χ0) is 22.1. The van der Waals surface area contributed by atoms with Crippen LogP contribution in [0.3, 0.4) is 0 Å². The van der Waals surface area contributed by atoms with E-state index in [9.17, 15) is 8.78 Å². The third-order valence-corrected chi connectivity index (χ3v) is 6.03. The molecule has 1 aliphatic heterocycles. The maximum atomic E-state index is 14.2. The number of nitrogens with two attached hydrogens (primary N) is 1. The molecule has 2 aromatic heterocycles. The fourth-order valence-electron chi connectivity index (χ4n) is 3.65. The van der Waals surface area contributed by atoms with Crippen molar-refractivity contribution < 1.29 is 13.5 Å². The molecule has 0 spiro atoms. The van der Waals surface area contributed by atoms with E-state index in [1.54, 1.807) is 36.3 Å². The molecule has 0 radical (unpaired) electrons. The van der Waals surface area contributed by atoms with Crippen LogP contribution in [0.25, 0.3) is 11.1 Å². The van der Waals surface area contributed by atoms with Crippen molar-refractivity contribution in [3.05, 3.63) is 58.2 Å². The number of piperidine rings is 1. The Morgan fingerprint density at radius 1 is 1.29 bits per heavy atom. The Morgan fingerprint density at radius 2 is 2.10 bits per heavy atom. The Morgan fingerprint density at radius 3 is 2.87 bits per heavy atom. The van der Waals surface area contributed by atoms with Gasteiger partial charge in [-0.1, -0.05) is 23.2 Å². The summed E-state index contributed by atoms with van der Waals surface area (Å²) in [4.78, 5) is 4.19. The van der Waals surface area contributed by atoms with Crippen LogP contribution in [-0.4, -0.2) is 34.0 Å². The van der Waals surface area contributed by atoms with Crippen molar-refractivity contribution in [2.75, 3.05) is 18.8 Å². The third kappa shape index (κ3) is 4.46. The minimum Gasteiger partial charge on any atom is -0.482 e. The largest absolute Gasteiger partial charge is 0.482 e. The summed E-state index contributed by atoms with van der Waals surface area (Å²) in [5.41, 5.74) is 7.75. The average Bonchev–Trinajstić information content (AvgIpc) is 3.23. The second-order valence-electron chi connectivity index (χ2n) is 7.41. The van der Waals surface area contributed by atoms with Crippen LogP contribution in [0.4, 0.5) is 14.6 Å². The van der Waals surface area contributed by atoms with E-state index in [1.807, 2.05) is 0 Å². The van der Waals surface area contributed by atoms with Gasteiger partial charge < -0.3 is 15.8 Å². The van der Waals surface area contributed by atoms with Gasteiger partial charge in [0.25, 0.3) is 0 Å². The highest BCUT2D eigenvalue weighted by molar-refractivity contribution is 6.36. The van der Waals surface area contributed by atoms with Gasteiger partial charge in [-0.2, -0.15) is 5.10 Å². The van der Waals surface area contributed by atoms with E-state index in [0.717, 1.165) is 12.1 Å². The van der Waals surface area contributed by atoms with Gasteiger partial charge in [0.15, 0.2) is 11.6 Å². The molecule has 0 saturated carbocycles. The summed E-state index contributed by atoms with van der Waals surface area (Å²) in [6.45, 7) is 2.74. The number of anilines is 1. The molecule has 10 heteroatoms. The first-order chi connectivity index (χ1) is 14.8. The van der Waals surface area contributed by atoms with Crippen molar-refractivity contribution in [1.29, 1.82) is 0 Å². The van der Waals surface area contributed by atoms with Crippen LogP contribution in [0.5, 0.6) is 5.75 Å². The summed E-state index contributed by atoms with van der Waals surface area (Å²) in [5.74, 6) is -0.138. The zero-order valence-electron chi connectivity index (χ0n) is 16.7. The Labute approximate surface area is 188 Å². The lowest BCUT2D eigenvalue weighted by molar-refractivity contribution is 0.173. The molecular weight excluding hydrogens is 447 g/mol. The molecule has 1 aliphatic rings. The molecule has 31 heavy (non-hydrogen) atoms. The molecule has 0 bridgehead atoms. The highest BCUT2D eigenvalue weighted by Gasteiger charge is 2.27. The average molecular weight is 468 g/mol. The van der Waals surface area contributed by atoms with Gasteiger partial charge in [0.2, 0.25) is 0 Å². The Kier molecular flexibility index (Phi) is 6.31. The second kappa shape index (κ2) is 8.98.